The zero-order chi connectivity index (χ0) is 21.5. The third-order valence-corrected chi connectivity index (χ3v) is 7.01. The number of fused-ring (bicyclic) bond motifs is 1. The maximum absolute atomic E-state index is 4.62. The van der Waals surface area contributed by atoms with Crippen LogP contribution in [0.15, 0.2) is 53.9 Å². The molecule has 2 aliphatic heterocycles. The highest BCUT2D eigenvalue weighted by Crippen LogP contribution is 2.30. The lowest BCUT2D eigenvalue weighted by atomic mass is 9.97. The van der Waals surface area contributed by atoms with Gasteiger partial charge in [-0.3, -0.25) is 14.5 Å². The number of H-pyrrole nitrogens is 1. The van der Waals surface area contributed by atoms with Crippen molar-refractivity contribution in [2.45, 2.75) is 25.4 Å². The minimum atomic E-state index is 0.663. The average molecular weight is 492 g/mol. The second-order valence-corrected chi connectivity index (χ2v) is 9.41. The average Bonchev–Trinajstić information content (AvgIpc) is 3.44. The first kappa shape index (κ1) is 20.0. The molecule has 6 heterocycles. The van der Waals surface area contributed by atoms with Crippen LogP contribution < -0.4 is 0 Å². The molecule has 9 heteroatoms. The van der Waals surface area contributed by atoms with E-state index in [-0.39, 0.29) is 0 Å². The predicted molar refractivity (Wildman–Crippen MR) is 126 cm³/mol. The number of hydrogen-bond donors (Lipinski definition) is 1. The molecule has 2 fully saturated rings. The molecule has 8 nitrogen and oxygen atoms in total. The lowest BCUT2D eigenvalue weighted by molar-refractivity contribution is 0.0669. The van der Waals surface area contributed by atoms with Crippen LogP contribution in [0.1, 0.15) is 18.4 Å². The van der Waals surface area contributed by atoms with Crippen LogP contribution in [0.4, 0.5) is 0 Å². The number of piperidine rings is 1. The Labute approximate surface area is 194 Å². The monoisotopic (exact) mass is 491 g/mol. The lowest BCUT2D eigenvalue weighted by Gasteiger charge is -2.46. The highest BCUT2D eigenvalue weighted by molar-refractivity contribution is 9.10. The molecule has 0 aromatic carbocycles. The van der Waals surface area contributed by atoms with Crippen molar-refractivity contribution in [3.8, 4) is 11.3 Å². The Morgan fingerprint density at radius 3 is 2.81 bits per heavy atom. The highest BCUT2D eigenvalue weighted by Gasteiger charge is 2.36. The molecule has 0 saturated carbocycles. The quantitative estimate of drug-likeness (QED) is 0.431. The van der Waals surface area contributed by atoms with Crippen LogP contribution in [0.3, 0.4) is 0 Å². The summed E-state index contributed by atoms with van der Waals surface area (Å²) in [6, 6.07) is 8.24. The van der Waals surface area contributed by atoms with Crippen LogP contribution >= 0.6 is 15.9 Å². The van der Waals surface area contributed by atoms with Gasteiger partial charge in [0, 0.05) is 55.2 Å². The Morgan fingerprint density at radius 1 is 1.09 bits per heavy atom. The maximum atomic E-state index is 4.62. The molecule has 0 unspecified atom stereocenters. The van der Waals surface area contributed by atoms with Gasteiger partial charge in [0.05, 0.1) is 11.9 Å². The summed E-state index contributed by atoms with van der Waals surface area (Å²) in [5.41, 5.74) is 4.12. The fraction of sp³-hybridized carbons (Fsp3) is 0.348. The zero-order valence-corrected chi connectivity index (χ0v) is 19.2. The van der Waals surface area contributed by atoms with E-state index < -0.39 is 0 Å². The van der Waals surface area contributed by atoms with Crippen molar-refractivity contribution in [3.63, 3.8) is 0 Å². The van der Waals surface area contributed by atoms with E-state index in [0.717, 1.165) is 59.6 Å². The smallest absolute Gasteiger partial charge is 0.141 e. The Morgan fingerprint density at radius 2 is 1.97 bits per heavy atom. The second kappa shape index (κ2) is 8.38. The van der Waals surface area contributed by atoms with Gasteiger partial charge in [-0.25, -0.2) is 15.0 Å². The molecule has 0 bridgehead atoms. The van der Waals surface area contributed by atoms with Gasteiger partial charge in [0.15, 0.2) is 0 Å². The first-order chi connectivity index (χ1) is 15.7. The van der Waals surface area contributed by atoms with Crippen molar-refractivity contribution in [1.82, 2.24) is 39.5 Å². The van der Waals surface area contributed by atoms with E-state index in [1.54, 1.807) is 6.33 Å². The minimum Gasteiger partial charge on any atom is -0.346 e. The third kappa shape index (κ3) is 3.85. The molecule has 163 valence electrons. The molecule has 0 atom stereocenters. The van der Waals surface area contributed by atoms with Gasteiger partial charge in [-0.2, -0.15) is 5.10 Å². The van der Waals surface area contributed by atoms with Gasteiger partial charge < -0.3 is 4.98 Å². The summed E-state index contributed by atoms with van der Waals surface area (Å²) in [5, 5.41) is 5.64. The number of nitrogens with one attached hydrogen (secondary N) is 1. The number of likely N-dealkylation sites (tertiary alicyclic amines) is 2. The number of hydrogen-bond acceptors (Lipinski definition) is 6. The van der Waals surface area contributed by atoms with E-state index in [9.17, 15) is 0 Å². The Hall–Kier alpha value is -2.62. The van der Waals surface area contributed by atoms with Crippen LogP contribution in [0.25, 0.3) is 22.3 Å². The summed E-state index contributed by atoms with van der Waals surface area (Å²) < 4.78 is 2.94. The van der Waals surface area contributed by atoms with Gasteiger partial charge in [-0.15, -0.1) is 0 Å². The van der Waals surface area contributed by atoms with Crippen molar-refractivity contribution in [2.24, 2.45) is 0 Å². The topological polar surface area (TPSA) is 78.8 Å². The molecular formula is C23H24BrN8. The SMILES string of the molecule is Brc1cc(CN2CCC(N3C[C](n4cc(-c5ncnc6[nH]ccc56)cn4)C3)CC2)ccn1. The van der Waals surface area contributed by atoms with E-state index in [4.69, 9.17) is 0 Å². The number of nitrogens with zero attached hydrogens (tertiary/aromatic N) is 7. The summed E-state index contributed by atoms with van der Waals surface area (Å²) in [7, 11) is 0. The molecule has 2 aliphatic rings. The standard InChI is InChI=1S/C23H24BrN8/c24-21-9-16(1-5-25-21)11-30-7-3-18(4-8-30)31-13-19(14-31)32-12-17(10-29-32)22-20-2-6-26-23(20)28-15-27-22/h1-2,5-6,9-10,12,15,18H,3-4,7-8,11,13-14H2,(H,26,27,28). The van der Waals surface area contributed by atoms with E-state index in [0.29, 0.717) is 6.04 Å². The lowest BCUT2D eigenvalue weighted by Crippen LogP contribution is -2.56. The Bertz CT molecular complexity index is 1220. The molecule has 0 spiro atoms. The van der Waals surface area contributed by atoms with Crippen molar-refractivity contribution in [3.05, 3.63) is 65.5 Å². The number of pyridine rings is 1. The second-order valence-electron chi connectivity index (χ2n) is 8.60. The van der Waals surface area contributed by atoms with E-state index in [2.05, 4.69) is 69.1 Å². The number of aromatic nitrogens is 6. The first-order valence-electron chi connectivity index (χ1n) is 11.0. The molecule has 6 rings (SSSR count). The predicted octanol–water partition coefficient (Wildman–Crippen LogP) is 3.34. The van der Waals surface area contributed by atoms with Crippen molar-refractivity contribution >= 4 is 27.0 Å². The number of aromatic amines is 1. The molecule has 4 aromatic rings. The molecule has 0 aliphatic carbocycles. The molecule has 32 heavy (non-hydrogen) atoms. The third-order valence-electron chi connectivity index (χ3n) is 6.58. The number of halogens is 1. The Kier molecular flexibility index (Phi) is 5.24. The van der Waals surface area contributed by atoms with Gasteiger partial charge in [-0.05, 0) is 65.6 Å². The molecule has 2 saturated heterocycles. The van der Waals surface area contributed by atoms with Crippen LogP contribution in [0.2, 0.25) is 0 Å². The fourth-order valence-electron chi connectivity index (χ4n) is 4.79. The van der Waals surface area contributed by atoms with Crippen LogP contribution in [0, 0.1) is 6.04 Å². The maximum Gasteiger partial charge on any atom is 0.141 e. The first-order valence-corrected chi connectivity index (χ1v) is 11.8. The zero-order valence-electron chi connectivity index (χ0n) is 17.7. The van der Waals surface area contributed by atoms with Crippen LogP contribution in [-0.4, -0.2) is 71.7 Å². The van der Waals surface area contributed by atoms with E-state index in [1.807, 2.05) is 29.3 Å². The molecule has 1 N–H and O–H groups in total. The van der Waals surface area contributed by atoms with Gasteiger partial charge in [-0.1, -0.05) is 0 Å². The van der Waals surface area contributed by atoms with Gasteiger partial charge >= 0.3 is 0 Å². The van der Waals surface area contributed by atoms with Crippen molar-refractivity contribution < 1.29 is 0 Å². The summed E-state index contributed by atoms with van der Waals surface area (Å²) in [6.45, 7) is 5.27. The molecule has 4 aromatic heterocycles. The summed E-state index contributed by atoms with van der Waals surface area (Å²) >= 11 is 3.47. The highest BCUT2D eigenvalue weighted by atomic mass is 79.9. The van der Waals surface area contributed by atoms with E-state index in [1.165, 1.54) is 24.4 Å². The fourth-order valence-corrected chi connectivity index (χ4v) is 5.20. The largest absolute Gasteiger partial charge is 0.346 e. The summed E-state index contributed by atoms with van der Waals surface area (Å²) in [6.07, 6.45) is 11.8. The molecular weight excluding hydrogens is 468 g/mol. The van der Waals surface area contributed by atoms with E-state index >= 15 is 0 Å². The molecule has 1 radical (unpaired) electrons. The molecule has 0 amide bonds. The van der Waals surface area contributed by atoms with Crippen molar-refractivity contribution in [1.29, 1.82) is 0 Å². The summed E-state index contributed by atoms with van der Waals surface area (Å²) in [5.74, 6) is 0. The van der Waals surface area contributed by atoms with Gasteiger partial charge in [0.25, 0.3) is 0 Å². The minimum absolute atomic E-state index is 0.663. The summed E-state index contributed by atoms with van der Waals surface area (Å²) in [4.78, 5) is 21.3. The number of rotatable bonds is 5. The Balaban J connectivity index is 1.03. The van der Waals surface area contributed by atoms with Crippen LogP contribution in [0.5, 0.6) is 0 Å². The van der Waals surface area contributed by atoms with Crippen molar-refractivity contribution in [2.75, 3.05) is 26.2 Å². The van der Waals surface area contributed by atoms with Gasteiger partial charge in [0.1, 0.15) is 22.6 Å². The van der Waals surface area contributed by atoms with Crippen LogP contribution in [-0.2, 0) is 6.54 Å². The normalized spacial score (nSPS) is 18.9. The van der Waals surface area contributed by atoms with Gasteiger partial charge in [0.2, 0.25) is 0 Å².